The van der Waals surface area contributed by atoms with Crippen LogP contribution in [0, 0.1) is 11.8 Å². The van der Waals surface area contributed by atoms with Crippen molar-refractivity contribution in [1.82, 2.24) is 4.98 Å². The van der Waals surface area contributed by atoms with Gasteiger partial charge in [0.05, 0.1) is 0 Å². The minimum atomic E-state index is -4.60. The van der Waals surface area contributed by atoms with Crippen LogP contribution in [0.2, 0.25) is 0 Å². The van der Waals surface area contributed by atoms with Gasteiger partial charge in [0, 0.05) is 6.04 Å². The van der Waals surface area contributed by atoms with Crippen molar-refractivity contribution in [2.75, 3.05) is 5.32 Å². The zero-order valence-electron chi connectivity index (χ0n) is 11.7. The van der Waals surface area contributed by atoms with E-state index in [0.717, 1.165) is 18.9 Å². The molecule has 3 unspecified atom stereocenters. The van der Waals surface area contributed by atoms with Crippen LogP contribution >= 0.6 is 0 Å². The van der Waals surface area contributed by atoms with E-state index in [2.05, 4.69) is 17.2 Å². The Morgan fingerprint density at radius 1 is 1.33 bits per heavy atom. The zero-order valence-corrected chi connectivity index (χ0v) is 11.7. The summed E-state index contributed by atoms with van der Waals surface area (Å²) in [5, 5.41) is 12.0. The van der Waals surface area contributed by atoms with E-state index in [1.165, 1.54) is 0 Å². The summed E-state index contributed by atoms with van der Waals surface area (Å²) in [4.78, 5) is 14.6. The number of hydrogen-bond acceptors (Lipinski definition) is 3. The third-order valence-electron chi connectivity index (χ3n) is 4.20. The summed E-state index contributed by atoms with van der Waals surface area (Å²) in [6, 6.07) is 1.58. The van der Waals surface area contributed by atoms with Gasteiger partial charge in [-0.15, -0.1) is 0 Å². The number of halogens is 3. The minimum Gasteiger partial charge on any atom is -0.478 e. The van der Waals surface area contributed by atoms with Gasteiger partial charge in [0.25, 0.3) is 0 Å². The van der Waals surface area contributed by atoms with Crippen molar-refractivity contribution in [2.24, 2.45) is 11.8 Å². The van der Waals surface area contributed by atoms with Gasteiger partial charge in [-0.3, -0.25) is 0 Å². The largest absolute Gasteiger partial charge is 0.478 e. The molecule has 3 atom stereocenters. The molecule has 4 nitrogen and oxygen atoms in total. The van der Waals surface area contributed by atoms with E-state index in [1.807, 2.05) is 6.92 Å². The number of anilines is 1. The van der Waals surface area contributed by atoms with Crippen molar-refractivity contribution >= 4 is 11.8 Å². The third kappa shape index (κ3) is 3.28. The molecule has 0 saturated heterocycles. The van der Waals surface area contributed by atoms with Gasteiger partial charge >= 0.3 is 12.1 Å². The Labute approximate surface area is 120 Å². The van der Waals surface area contributed by atoms with Gasteiger partial charge < -0.3 is 10.4 Å². The molecular weight excluding hydrogens is 285 g/mol. The molecule has 1 heterocycles. The van der Waals surface area contributed by atoms with Gasteiger partial charge in [-0.05, 0) is 36.8 Å². The highest BCUT2D eigenvalue weighted by atomic mass is 19.4. The van der Waals surface area contributed by atoms with Crippen LogP contribution in [0.1, 0.15) is 42.7 Å². The quantitative estimate of drug-likeness (QED) is 0.894. The van der Waals surface area contributed by atoms with Crippen LogP contribution in [0.25, 0.3) is 0 Å². The lowest BCUT2D eigenvalue weighted by atomic mass is 9.97. The first kappa shape index (κ1) is 15.6. The Bertz CT molecular complexity index is 546. The Kier molecular flexibility index (Phi) is 4.11. The van der Waals surface area contributed by atoms with Crippen molar-refractivity contribution in [3.63, 3.8) is 0 Å². The number of rotatable bonds is 3. The van der Waals surface area contributed by atoms with Crippen molar-refractivity contribution < 1.29 is 23.1 Å². The third-order valence-corrected chi connectivity index (χ3v) is 4.20. The van der Waals surface area contributed by atoms with Gasteiger partial charge in [0.15, 0.2) is 0 Å². The molecule has 1 aliphatic carbocycles. The number of nitrogens with one attached hydrogen (secondary N) is 1. The van der Waals surface area contributed by atoms with E-state index in [-0.39, 0.29) is 23.3 Å². The number of carboxylic acids is 1. The van der Waals surface area contributed by atoms with Gasteiger partial charge in [-0.1, -0.05) is 13.8 Å². The average Bonchev–Trinajstić information content (AvgIpc) is 2.69. The number of aromatic nitrogens is 1. The number of pyridine rings is 1. The molecule has 1 saturated carbocycles. The molecule has 1 fully saturated rings. The molecule has 1 aromatic heterocycles. The Morgan fingerprint density at radius 3 is 2.48 bits per heavy atom. The second-order valence-corrected chi connectivity index (χ2v) is 5.56. The van der Waals surface area contributed by atoms with Crippen LogP contribution in [0.3, 0.4) is 0 Å². The van der Waals surface area contributed by atoms with Gasteiger partial charge in [-0.2, -0.15) is 13.2 Å². The molecule has 2 rings (SSSR count). The lowest BCUT2D eigenvalue weighted by molar-refractivity contribution is -0.141. The fraction of sp³-hybridized carbons (Fsp3) is 0.571. The summed E-state index contributed by atoms with van der Waals surface area (Å²) >= 11 is 0. The van der Waals surface area contributed by atoms with E-state index < -0.39 is 17.8 Å². The van der Waals surface area contributed by atoms with Crippen molar-refractivity contribution in [3.05, 3.63) is 23.4 Å². The molecule has 0 amide bonds. The van der Waals surface area contributed by atoms with Crippen molar-refractivity contribution in [3.8, 4) is 0 Å². The fourth-order valence-electron chi connectivity index (χ4n) is 2.64. The smallest absolute Gasteiger partial charge is 0.433 e. The predicted octanol–water partition coefficient (Wildman–Crippen LogP) is 3.65. The van der Waals surface area contributed by atoms with Crippen LogP contribution in [0.15, 0.2) is 12.1 Å². The molecule has 7 heteroatoms. The maximum Gasteiger partial charge on any atom is 0.433 e. The first-order chi connectivity index (χ1) is 9.70. The van der Waals surface area contributed by atoms with Gasteiger partial charge in [0.1, 0.15) is 17.1 Å². The molecule has 116 valence electrons. The highest BCUT2D eigenvalue weighted by Crippen LogP contribution is 2.35. The van der Waals surface area contributed by atoms with Crippen molar-refractivity contribution in [1.29, 1.82) is 0 Å². The monoisotopic (exact) mass is 302 g/mol. The maximum atomic E-state index is 12.7. The van der Waals surface area contributed by atoms with E-state index in [0.29, 0.717) is 12.0 Å². The summed E-state index contributed by atoms with van der Waals surface area (Å²) in [7, 11) is 0. The summed E-state index contributed by atoms with van der Waals surface area (Å²) in [6.45, 7) is 4.08. The van der Waals surface area contributed by atoms with E-state index >= 15 is 0 Å². The number of carbonyl (C=O) groups is 1. The molecule has 0 bridgehead atoms. The SMILES string of the molecule is CC1CCC(Nc2nc(C(F)(F)F)ccc2C(=O)O)C1C. The van der Waals surface area contributed by atoms with Crippen LogP contribution < -0.4 is 5.32 Å². The van der Waals surface area contributed by atoms with Gasteiger partial charge in [0.2, 0.25) is 0 Å². The molecule has 1 aromatic rings. The molecular formula is C14H17F3N2O2. The van der Waals surface area contributed by atoms with Crippen LogP contribution in [-0.4, -0.2) is 22.1 Å². The number of nitrogens with zero attached hydrogens (tertiary/aromatic N) is 1. The predicted molar refractivity (Wildman–Crippen MR) is 71.2 cm³/mol. The fourth-order valence-corrected chi connectivity index (χ4v) is 2.64. The molecule has 0 aromatic carbocycles. The standard InChI is InChI=1S/C14H17F3N2O2/c1-7-3-5-10(8(7)2)18-12-9(13(20)21)4-6-11(19-12)14(15,16)17/h4,6-8,10H,3,5H2,1-2H3,(H,18,19)(H,20,21). The maximum absolute atomic E-state index is 12.7. The number of hydrogen-bond donors (Lipinski definition) is 2. The molecule has 0 aliphatic heterocycles. The summed E-state index contributed by atoms with van der Waals surface area (Å²) in [5.74, 6) is -0.801. The Hall–Kier alpha value is -1.79. The molecule has 0 spiro atoms. The highest BCUT2D eigenvalue weighted by molar-refractivity contribution is 5.93. The van der Waals surface area contributed by atoms with Gasteiger partial charge in [-0.25, -0.2) is 9.78 Å². The normalized spacial score (nSPS) is 25.9. The second kappa shape index (κ2) is 5.54. The van der Waals surface area contributed by atoms with E-state index in [4.69, 9.17) is 5.11 Å². The van der Waals surface area contributed by atoms with Crippen molar-refractivity contribution in [2.45, 2.75) is 38.9 Å². The number of aromatic carboxylic acids is 1. The van der Waals surface area contributed by atoms with Crippen LogP contribution in [0.4, 0.5) is 19.0 Å². The highest BCUT2D eigenvalue weighted by Gasteiger charge is 2.35. The molecule has 21 heavy (non-hydrogen) atoms. The van der Waals surface area contributed by atoms with E-state index in [1.54, 1.807) is 0 Å². The Balaban J connectivity index is 2.33. The lowest BCUT2D eigenvalue weighted by Crippen LogP contribution is -2.26. The second-order valence-electron chi connectivity index (χ2n) is 5.56. The number of alkyl halides is 3. The van der Waals surface area contributed by atoms with Crippen LogP contribution in [0.5, 0.6) is 0 Å². The zero-order chi connectivity index (χ0) is 15.8. The first-order valence-electron chi connectivity index (χ1n) is 6.78. The first-order valence-corrected chi connectivity index (χ1v) is 6.78. The summed E-state index contributed by atoms with van der Waals surface area (Å²) in [6.07, 6.45) is -2.85. The molecule has 1 aliphatic rings. The Morgan fingerprint density at radius 2 is 2.00 bits per heavy atom. The topological polar surface area (TPSA) is 62.2 Å². The van der Waals surface area contributed by atoms with E-state index in [9.17, 15) is 18.0 Å². The average molecular weight is 302 g/mol. The molecule has 0 radical (unpaired) electrons. The minimum absolute atomic E-state index is 0.0610. The number of carboxylic acid groups (broad SMARTS) is 1. The lowest BCUT2D eigenvalue weighted by Gasteiger charge is -2.21. The van der Waals surface area contributed by atoms with Crippen LogP contribution in [-0.2, 0) is 6.18 Å². The molecule has 2 N–H and O–H groups in total. The summed E-state index contributed by atoms with van der Waals surface area (Å²) < 4.78 is 38.1. The summed E-state index contributed by atoms with van der Waals surface area (Å²) in [5.41, 5.74) is -1.33.